The van der Waals surface area contributed by atoms with Gasteiger partial charge in [0, 0.05) is 0 Å². The van der Waals surface area contributed by atoms with E-state index in [1.54, 1.807) is 0 Å². The largest absolute Gasteiger partial charge is 0.615 e. The highest BCUT2D eigenvalue weighted by molar-refractivity contribution is 6.92. The Bertz CT molecular complexity index is 1150. The third kappa shape index (κ3) is 5.16. The van der Waals surface area contributed by atoms with Crippen LogP contribution in [0, 0.1) is 0 Å². The fourth-order valence-electron chi connectivity index (χ4n) is 4.46. The summed E-state index contributed by atoms with van der Waals surface area (Å²) in [4.78, 5) is 0. The monoisotopic (exact) mass is 474 g/mol. The minimum absolute atomic E-state index is 0. The smallest absolute Gasteiger partial charge is 0.525 e. The molecule has 5 rings (SSSR count). The van der Waals surface area contributed by atoms with Crippen molar-refractivity contribution in [3.63, 3.8) is 0 Å². The van der Waals surface area contributed by atoms with Crippen molar-refractivity contribution in [1.82, 2.24) is 0 Å². The lowest BCUT2D eigenvalue weighted by molar-refractivity contribution is 0.392. The van der Waals surface area contributed by atoms with Crippen LogP contribution >= 0.6 is 9.90 Å². The molecule has 172 valence electrons. The molecule has 0 aromatic heterocycles. The highest BCUT2D eigenvalue weighted by Crippen LogP contribution is 2.42. The Kier molecular flexibility index (Phi) is 8.03. The normalized spacial score (nSPS) is 10.6. The summed E-state index contributed by atoms with van der Waals surface area (Å²) in [6.45, 7) is 0. The van der Waals surface area contributed by atoms with Gasteiger partial charge < -0.3 is 9.31 Å². The van der Waals surface area contributed by atoms with Gasteiger partial charge in [-0.15, -0.1) is 0 Å². The van der Waals surface area contributed by atoms with Gasteiger partial charge in [-0.2, -0.15) is 9.90 Å². The van der Waals surface area contributed by atoms with Gasteiger partial charge in [0.05, 0.1) is 0 Å². The van der Waals surface area contributed by atoms with Crippen LogP contribution in [0.3, 0.4) is 0 Å². The van der Waals surface area contributed by atoms with Gasteiger partial charge in [0.2, 0.25) is 0 Å². The predicted octanol–water partition coefficient (Wildman–Crippen LogP) is 7.26. The van der Waals surface area contributed by atoms with Crippen LogP contribution in [0.5, 0.6) is 11.5 Å². The molecule has 0 bridgehead atoms. The molecule has 0 fully saturated rings. The van der Waals surface area contributed by atoms with E-state index in [1.807, 2.05) is 78.9 Å². The van der Waals surface area contributed by atoms with E-state index in [-0.39, 0.29) is 9.90 Å². The lowest BCUT2D eigenvalue weighted by atomic mass is 9.47. The Morgan fingerprint density at radius 2 is 0.629 bits per heavy atom. The number of benzene rings is 5. The van der Waals surface area contributed by atoms with E-state index < -0.39 is 12.4 Å². The van der Waals surface area contributed by atoms with Crippen molar-refractivity contribution in [2.24, 2.45) is 0 Å². The van der Waals surface area contributed by atoms with Gasteiger partial charge >= 0.3 is 7.12 Å². The van der Waals surface area contributed by atoms with E-state index >= 15 is 0 Å². The van der Waals surface area contributed by atoms with E-state index in [1.165, 1.54) is 0 Å². The number of rotatable bonds is 8. The molecule has 5 aromatic carbocycles. The van der Waals surface area contributed by atoms with Gasteiger partial charge in [0.25, 0.3) is 0 Å². The molecule has 0 spiro atoms. The standard InChI is InChI=1S/C31H25BO2.H3P/c1-6-16-26(17-7-1)31(27-18-8-2-9-19-27,28-20-10-3-11-21-28)32(33-29-22-12-4-13-23-29)34-30-24-14-5-15-25-30;/h1-25H;1H3. The van der Waals surface area contributed by atoms with Crippen molar-refractivity contribution >= 4 is 17.0 Å². The summed E-state index contributed by atoms with van der Waals surface area (Å²) in [5.74, 6) is 1.49. The summed E-state index contributed by atoms with van der Waals surface area (Å²) >= 11 is 0. The summed E-state index contributed by atoms with van der Waals surface area (Å²) in [6, 6.07) is 51.1. The molecule has 35 heavy (non-hydrogen) atoms. The molecule has 0 aliphatic carbocycles. The third-order valence-electron chi connectivity index (χ3n) is 6.01. The first-order valence-electron chi connectivity index (χ1n) is 11.5. The molecule has 0 aliphatic rings. The highest BCUT2D eigenvalue weighted by Gasteiger charge is 2.54. The van der Waals surface area contributed by atoms with Crippen molar-refractivity contribution < 1.29 is 9.31 Å². The second-order valence-electron chi connectivity index (χ2n) is 8.10. The molecule has 4 heteroatoms. The molecule has 0 N–H and O–H groups in total. The van der Waals surface area contributed by atoms with Gasteiger partial charge in [0.15, 0.2) is 0 Å². The van der Waals surface area contributed by atoms with Crippen LogP contribution in [0.1, 0.15) is 16.7 Å². The van der Waals surface area contributed by atoms with E-state index in [2.05, 4.69) is 72.8 Å². The van der Waals surface area contributed by atoms with Crippen molar-refractivity contribution in [2.75, 3.05) is 0 Å². The van der Waals surface area contributed by atoms with Crippen molar-refractivity contribution in [3.05, 3.63) is 168 Å². The lowest BCUT2D eigenvalue weighted by Crippen LogP contribution is -2.53. The molecule has 1 unspecified atom stereocenters. The predicted molar refractivity (Wildman–Crippen MR) is 150 cm³/mol. The van der Waals surface area contributed by atoms with Crippen LogP contribution < -0.4 is 9.31 Å². The Balaban J connectivity index is 0.00000289. The number of hydrogen-bond donors (Lipinski definition) is 0. The zero-order valence-electron chi connectivity index (χ0n) is 19.5. The molecule has 2 nitrogen and oxygen atoms in total. The molecule has 0 radical (unpaired) electrons. The van der Waals surface area contributed by atoms with Crippen LogP contribution in [0.25, 0.3) is 0 Å². The maximum absolute atomic E-state index is 6.72. The molecule has 1 atom stereocenters. The summed E-state index contributed by atoms with van der Waals surface area (Å²) in [5.41, 5.74) is 3.26. The van der Waals surface area contributed by atoms with Gasteiger partial charge in [-0.1, -0.05) is 127 Å². The van der Waals surface area contributed by atoms with Crippen LogP contribution in [-0.2, 0) is 5.31 Å². The van der Waals surface area contributed by atoms with Gasteiger partial charge in [-0.05, 0) is 41.0 Å². The molecule has 0 aliphatic heterocycles. The summed E-state index contributed by atoms with van der Waals surface area (Å²) < 4.78 is 13.4. The zero-order chi connectivity index (χ0) is 23.1. The van der Waals surface area contributed by atoms with Crippen LogP contribution in [0.4, 0.5) is 0 Å². The zero-order valence-corrected chi connectivity index (χ0v) is 20.9. The quantitative estimate of drug-likeness (QED) is 0.134. The van der Waals surface area contributed by atoms with Crippen molar-refractivity contribution in [1.29, 1.82) is 0 Å². The van der Waals surface area contributed by atoms with Crippen LogP contribution in [0.15, 0.2) is 152 Å². The Morgan fingerprint density at radius 3 is 0.914 bits per heavy atom. The maximum Gasteiger partial charge on any atom is 0.615 e. The van der Waals surface area contributed by atoms with Gasteiger partial charge in [0.1, 0.15) is 16.8 Å². The van der Waals surface area contributed by atoms with E-state index in [9.17, 15) is 0 Å². The van der Waals surface area contributed by atoms with Crippen molar-refractivity contribution in [2.45, 2.75) is 5.31 Å². The molecule has 0 saturated carbocycles. The number of para-hydroxylation sites is 2. The molecule has 5 aromatic rings. The molecule has 0 heterocycles. The number of hydrogen-bond acceptors (Lipinski definition) is 2. The fraction of sp³-hybridized carbons (Fsp3) is 0.0323. The summed E-state index contributed by atoms with van der Waals surface area (Å²) in [5, 5.41) is -0.741. The van der Waals surface area contributed by atoms with Crippen LogP contribution in [-0.4, -0.2) is 7.12 Å². The molecule has 0 amide bonds. The van der Waals surface area contributed by atoms with Gasteiger partial charge in [-0.3, -0.25) is 0 Å². The first kappa shape index (κ1) is 24.3. The second kappa shape index (κ2) is 11.6. The van der Waals surface area contributed by atoms with E-state index in [0.29, 0.717) is 0 Å². The minimum atomic E-state index is -0.741. The van der Waals surface area contributed by atoms with Crippen molar-refractivity contribution in [3.8, 4) is 11.5 Å². The third-order valence-corrected chi connectivity index (χ3v) is 6.01. The minimum Gasteiger partial charge on any atom is -0.525 e. The first-order chi connectivity index (χ1) is 16.9. The average Bonchev–Trinajstić information content (AvgIpc) is 2.92. The Labute approximate surface area is 211 Å². The maximum atomic E-state index is 6.72. The Morgan fingerprint density at radius 1 is 0.371 bits per heavy atom. The van der Waals surface area contributed by atoms with Gasteiger partial charge in [-0.25, -0.2) is 0 Å². The average molecular weight is 474 g/mol. The van der Waals surface area contributed by atoms with E-state index in [0.717, 1.165) is 28.2 Å². The fourth-order valence-corrected chi connectivity index (χ4v) is 4.46. The topological polar surface area (TPSA) is 18.5 Å². The highest BCUT2D eigenvalue weighted by atomic mass is 31.0. The molecular weight excluding hydrogens is 446 g/mol. The first-order valence-corrected chi connectivity index (χ1v) is 11.5. The van der Waals surface area contributed by atoms with E-state index in [4.69, 9.17) is 9.31 Å². The van der Waals surface area contributed by atoms with Crippen LogP contribution in [0.2, 0.25) is 0 Å². The molecular formula is C31H28BO2P. The Hall–Kier alpha value is -3.81. The molecule has 0 saturated heterocycles. The summed E-state index contributed by atoms with van der Waals surface area (Å²) in [6.07, 6.45) is 0. The summed E-state index contributed by atoms with van der Waals surface area (Å²) in [7, 11) is -0.690. The SMILES string of the molecule is P.c1ccc(OB(Oc2ccccc2)C(c2ccccc2)(c2ccccc2)c2ccccc2)cc1. The lowest BCUT2D eigenvalue weighted by Gasteiger charge is -2.38. The second-order valence-corrected chi connectivity index (χ2v) is 8.10.